The van der Waals surface area contributed by atoms with Gasteiger partial charge in [-0.15, -0.1) is 0 Å². The molecule has 0 saturated carbocycles. The Balaban J connectivity index is 1.69. The highest BCUT2D eigenvalue weighted by atomic mass is 16.5. The fourth-order valence-corrected chi connectivity index (χ4v) is 3.10. The third kappa shape index (κ3) is 3.07. The van der Waals surface area contributed by atoms with Crippen molar-refractivity contribution in [2.75, 3.05) is 13.2 Å². The quantitative estimate of drug-likeness (QED) is 0.938. The Kier molecular flexibility index (Phi) is 4.42. The summed E-state index contributed by atoms with van der Waals surface area (Å²) < 4.78 is 7.24. The number of fused-ring (bicyclic) bond motifs is 1. The van der Waals surface area contributed by atoms with Crippen molar-refractivity contribution in [3.63, 3.8) is 0 Å². The smallest absolute Gasteiger partial charge is 0.263 e. The molecular formula is C19H22N2O3. The Morgan fingerprint density at radius 2 is 2.08 bits per heavy atom. The van der Waals surface area contributed by atoms with Crippen LogP contribution in [-0.2, 0) is 13.5 Å². The molecule has 1 aromatic carbocycles. The molecule has 0 radical (unpaired) electrons. The second-order valence-electron chi connectivity index (χ2n) is 6.41. The van der Waals surface area contributed by atoms with Crippen LogP contribution in [-0.4, -0.2) is 23.6 Å². The zero-order valence-electron chi connectivity index (χ0n) is 14.3. The van der Waals surface area contributed by atoms with Gasteiger partial charge in [0.1, 0.15) is 11.3 Å². The first-order chi connectivity index (χ1) is 11.5. The number of nitrogens with one attached hydrogen (secondary N) is 1. The Labute approximate surface area is 141 Å². The molecule has 0 aliphatic carbocycles. The van der Waals surface area contributed by atoms with Crippen LogP contribution in [0.5, 0.6) is 5.75 Å². The third-order valence-electron chi connectivity index (χ3n) is 4.60. The van der Waals surface area contributed by atoms with Crippen LogP contribution in [0, 0.1) is 19.8 Å². The first-order valence-corrected chi connectivity index (χ1v) is 8.13. The Bertz CT molecular complexity index is 839. The topological polar surface area (TPSA) is 60.3 Å². The number of ether oxygens (including phenoxy) is 1. The van der Waals surface area contributed by atoms with Crippen LogP contribution in [0.15, 0.2) is 35.1 Å². The van der Waals surface area contributed by atoms with Crippen LogP contribution in [0.2, 0.25) is 0 Å². The van der Waals surface area contributed by atoms with Crippen molar-refractivity contribution in [1.82, 2.24) is 9.88 Å². The minimum absolute atomic E-state index is 0.207. The van der Waals surface area contributed by atoms with Crippen molar-refractivity contribution in [1.29, 1.82) is 0 Å². The number of nitrogens with zero attached hydrogens (tertiary/aromatic N) is 1. The number of benzene rings is 1. The number of hydrogen-bond donors (Lipinski definition) is 1. The molecule has 24 heavy (non-hydrogen) atoms. The Morgan fingerprint density at radius 1 is 1.33 bits per heavy atom. The second kappa shape index (κ2) is 6.51. The minimum Gasteiger partial charge on any atom is -0.493 e. The third-order valence-corrected chi connectivity index (χ3v) is 4.60. The molecule has 2 heterocycles. The van der Waals surface area contributed by atoms with Crippen LogP contribution in [0.3, 0.4) is 0 Å². The summed E-state index contributed by atoms with van der Waals surface area (Å²) in [5.74, 6) is 0.814. The molecule has 0 spiro atoms. The van der Waals surface area contributed by atoms with Gasteiger partial charge < -0.3 is 14.6 Å². The number of amides is 1. The normalized spacial score (nSPS) is 16.2. The van der Waals surface area contributed by atoms with Gasteiger partial charge in [-0.25, -0.2) is 0 Å². The molecule has 1 aliphatic heterocycles. The predicted molar refractivity (Wildman–Crippen MR) is 92.6 cm³/mol. The monoisotopic (exact) mass is 326 g/mol. The van der Waals surface area contributed by atoms with Crippen molar-refractivity contribution < 1.29 is 9.53 Å². The van der Waals surface area contributed by atoms with E-state index in [1.807, 2.05) is 37.3 Å². The second-order valence-corrected chi connectivity index (χ2v) is 6.41. The van der Waals surface area contributed by atoms with E-state index in [0.717, 1.165) is 23.4 Å². The maximum absolute atomic E-state index is 12.5. The fourth-order valence-electron chi connectivity index (χ4n) is 3.10. The average molecular weight is 326 g/mol. The lowest BCUT2D eigenvalue weighted by Crippen LogP contribution is -2.38. The van der Waals surface area contributed by atoms with Gasteiger partial charge in [0.15, 0.2) is 0 Å². The van der Waals surface area contributed by atoms with E-state index in [9.17, 15) is 9.59 Å². The molecule has 3 rings (SSSR count). The highest BCUT2D eigenvalue weighted by Gasteiger charge is 2.22. The number of aromatic nitrogens is 1. The van der Waals surface area contributed by atoms with Gasteiger partial charge in [-0.3, -0.25) is 9.59 Å². The average Bonchev–Trinajstić information content (AvgIpc) is 2.58. The maximum Gasteiger partial charge on any atom is 0.263 e. The summed E-state index contributed by atoms with van der Waals surface area (Å²) in [6.45, 7) is 4.71. The largest absolute Gasteiger partial charge is 0.493 e. The molecule has 0 unspecified atom stereocenters. The SMILES string of the molecule is Cc1cc(C)n(C)c(=O)c1C(=O)NC[C@H]1COc2ccccc2C1. The molecule has 126 valence electrons. The van der Waals surface area contributed by atoms with E-state index in [-0.39, 0.29) is 22.9 Å². The van der Waals surface area contributed by atoms with Gasteiger partial charge in [0.2, 0.25) is 0 Å². The van der Waals surface area contributed by atoms with Crippen molar-refractivity contribution in [3.05, 3.63) is 63.1 Å². The summed E-state index contributed by atoms with van der Waals surface area (Å²) in [5, 5.41) is 2.90. The number of para-hydroxylation sites is 1. The number of aryl methyl sites for hydroxylation is 2. The fraction of sp³-hybridized carbons (Fsp3) is 0.368. The molecule has 1 N–H and O–H groups in total. The summed E-state index contributed by atoms with van der Waals surface area (Å²) in [5.41, 5.74) is 2.67. The molecule has 0 bridgehead atoms. The van der Waals surface area contributed by atoms with E-state index in [2.05, 4.69) is 5.32 Å². The number of pyridine rings is 1. The molecule has 1 amide bonds. The zero-order chi connectivity index (χ0) is 17.3. The number of hydrogen-bond acceptors (Lipinski definition) is 3. The lowest BCUT2D eigenvalue weighted by atomic mass is 9.96. The van der Waals surface area contributed by atoms with Crippen LogP contribution in [0.4, 0.5) is 0 Å². The van der Waals surface area contributed by atoms with Crippen LogP contribution in [0.1, 0.15) is 27.2 Å². The van der Waals surface area contributed by atoms with Gasteiger partial charge in [-0.05, 0) is 43.5 Å². The van der Waals surface area contributed by atoms with Gasteiger partial charge in [0.25, 0.3) is 11.5 Å². The number of carbonyl (C=O) groups excluding carboxylic acids is 1. The molecule has 0 saturated heterocycles. The molecule has 1 aromatic heterocycles. The summed E-state index contributed by atoms with van der Waals surface area (Å²) in [6.07, 6.45) is 0.862. The lowest BCUT2D eigenvalue weighted by Gasteiger charge is -2.25. The zero-order valence-corrected chi connectivity index (χ0v) is 14.3. The van der Waals surface area contributed by atoms with Gasteiger partial charge in [0.05, 0.1) is 6.61 Å². The maximum atomic E-state index is 12.5. The van der Waals surface area contributed by atoms with E-state index in [1.54, 1.807) is 14.0 Å². The Hall–Kier alpha value is -2.56. The number of carbonyl (C=O) groups is 1. The van der Waals surface area contributed by atoms with Gasteiger partial charge in [-0.2, -0.15) is 0 Å². The summed E-state index contributed by atoms with van der Waals surface area (Å²) >= 11 is 0. The summed E-state index contributed by atoms with van der Waals surface area (Å²) in [7, 11) is 1.68. The van der Waals surface area contributed by atoms with E-state index in [4.69, 9.17) is 4.74 Å². The number of rotatable bonds is 3. The van der Waals surface area contributed by atoms with E-state index in [0.29, 0.717) is 18.7 Å². The minimum atomic E-state index is -0.313. The first-order valence-electron chi connectivity index (χ1n) is 8.13. The van der Waals surface area contributed by atoms with E-state index in [1.165, 1.54) is 4.57 Å². The van der Waals surface area contributed by atoms with Crippen LogP contribution < -0.4 is 15.6 Å². The van der Waals surface area contributed by atoms with Crippen molar-refractivity contribution in [2.24, 2.45) is 13.0 Å². The molecule has 1 aliphatic rings. The van der Waals surface area contributed by atoms with Crippen LogP contribution >= 0.6 is 0 Å². The molecule has 2 aromatic rings. The molecule has 1 atom stereocenters. The predicted octanol–water partition coefficient (Wildman–Crippen LogP) is 1.98. The van der Waals surface area contributed by atoms with Crippen LogP contribution in [0.25, 0.3) is 0 Å². The van der Waals surface area contributed by atoms with Crippen molar-refractivity contribution >= 4 is 5.91 Å². The molecule has 0 fully saturated rings. The Morgan fingerprint density at radius 3 is 2.88 bits per heavy atom. The highest BCUT2D eigenvalue weighted by molar-refractivity contribution is 5.95. The highest BCUT2D eigenvalue weighted by Crippen LogP contribution is 2.26. The van der Waals surface area contributed by atoms with Gasteiger partial charge >= 0.3 is 0 Å². The van der Waals surface area contributed by atoms with Crippen molar-refractivity contribution in [3.8, 4) is 5.75 Å². The molecular weight excluding hydrogens is 304 g/mol. The summed E-state index contributed by atoms with van der Waals surface area (Å²) in [4.78, 5) is 24.8. The van der Waals surface area contributed by atoms with Crippen molar-refractivity contribution in [2.45, 2.75) is 20.3 Å². The van der Waals surface area contributed by atoms with E-state index < -0.39 is 0 Å². The molecule has 5 nitrogen and oxygen atoms in total. The molecule has 5 heteroatoms. The van der Waals surface area contributed by atoms with E-state index >= 15 is 0 Å². The first kappa shape index (κ1) is 16.3. The van der Waals surface area contributed by atoms with Gasteiger partial charge in [-0.1, -0.05) is 18.2 Å². The standard InChI is InChI=1S/C19H22N2O3/c1-12-8-13(2)21(3)19(23)17(12)18(22)20-10-14-9-15-6-4-5-7-16(15)24-11-14/h4-8,14H,9-11H2,1-3H3,(H,20,22)/t14-/m0/s1. The summed E-state index contributed by atoms with van der Waals surface area (Å²) in [6, 6.07) is 9.81. The lowest BCUT2D eigenvalue weighted by molar-refractivity contribution is 0.0936. The van der Waals surface area contributed by atoms with Gasteiger partial charge in [0, 0.05) is 25.2 Å².